The summed E-state index contributed by atoms with van der Waals surface area (Å²) in [6, 6.07) is 7.08. The number of aromatic nitrogens is 1. The normalized spacial score (nSPS) is 9.89. The lowest BCUT2D eigenvalue weighted by molar-refractivity contribution is 0.347. The molecule has 5 nitrogen and oxygen atoms in total. The van der Waals surface area contributed by atoms with Gasteiger partial charge in [-0.2, -0.15) is 0 Å². The van der Waals surface area contributed by atoms with E-state index in [0.717, 1.165) is 0 Å². The summed E-state index contributed by atoms with van der Waals surface area (Å²) in [7, 11) is 3.13. The zero-order chi connectivity index (χ0) is 13.0. The molecule has 0 aliphatic rings. The quantitative estimate of drug-likeness (QED) is 0.897. The van der Waals surface area contributed by atoms with Crippen molar-refractivity contribution in [1.29, 1.82) is 0 Å². The van der Waals surface area contributed by atoms with Crippen molar-refractivity contribution in [3.05, 3.63) is 36.7 Å². The highest BCUT2D eigenvalue weighted by atomic mass is 16.5. The van der Waals surface area contributed by atoms with E-state index < -0.39 is 0 Å². The van der Waals surface area contributed by atoms with E-state index in [1.807, 2.05) is 6.07 Å². The van der Waals surface area contributed by atoms with Gasteiger partial charge < -0.3 is 19.9 Å². The van der Waals surface area contributed by atoms with Crippen LogP contribution in [0.5, 0.6) is 23.0 Å². The van der Waals surface area contributed by atoms with Gasteiger partial charge in [0.2, 0.25) is 5.75 Å². The molecule has 2 N–H and O–H groups in total. The lowest BCUT2D eigenvalue weighted by atomic mass is 10.3. The summed E-state index contributed by atoms with van der Waals surface area (Å²) in [6.07, 6.45) is 3.13. The number of hydrogen-bond donors (Lipinski definition) is 1. The zero-order valence-corrected chi connectivity index (χ0v) is 10.2. The second-order valence-electron chi connectivity index (χ2n) is 3.51. The Bertz CT molecular complexity index is 521. The van der Waals surface area contributed by atoms with Gasteiger partial charge in [0.1, 0.15) is 0 Å². The monoisotopic (exact) mass is 246 g/mol. The van der Waals surface area contributed by atoms with Gasteiger partial charge in [-0.15, -0.1) is 0 Å². The molecule has 5 heteroatoms. The summed E-state index contributed by atoms with van der Waals surface area (Å²) in [4.78, 5) is 3.90. The van der Waals surface area contributed by atoms with Crippen molar-refractivity contribution in [3.63, 3.8) is 0 Å². The van der Waals surface area contributed by atoms with Crippen molar-refractivity contribution in [1.82, 2.24) is 4.98 Å². The molecule has 0 fully saturated rings. The van der Waals surface area contributed by atoms with E-state index >= 15 is 0 Å². The zero-order valence-electron chi connectivity index (χ0n) is 10.2. The summed E-state index contributed by atoms with van der Waals surface area (Å²) in [5, 5.41) is 0. The maximum atomic E-state index is 5.78. The number of ether oxygens (including phenoxy) is 3. The van der Waals surface area contributed by atoms with Crippen LogP contribution < -0.4 is 19.9 Å². The van der Waals surface area contributed by atoms with Crippen molar-refractivity contribution in [2.45, 2.75) is 0 Å². The van der Waals surface area contributed by atoms with Crippen molar-refractivity contribution in [2.24, 2.45) is 0 Å². The van der Waals surface area contributed by atoms with Crippen molar-refractivity contribution >= 4 is 5.69 Å². The highest BCUT2D eigenvalue weighted by Gasteiger charge is 2.13. The summed E-state index contributed by atoms with van der Waals surface area (Å²) < 4.78 is 16.2. The number of nitrogen functional groups attached to an aromatic ring is 1. The molecule has 0 amide bonds. The molecule has 0 aliphatic heterocycles. The van der Waals surface area contributed by atoms with Crippen LogP contribution in [-0.2, 0) is 0 Å². The average molecular weight is 246 g/mol. The minimum absolute atomic E-state index is 0.449. The minimum atomic E-state index is 0.449. The van der Waals surface area contributed by atoms with E-state index in [9.17, 15) is 0 Å². The number of nitrogens with two attached hydrogens (primary N) is 1. The molecule has 0 unspecified atom stereocenters. The first-order chi connectivity index (χ1) is 8.76. The van der Waals surface area contributed by atoms with Gasteiger partial charge in [0.25, 0.3) is 0 Å². The molecule has 1 aromatic carbocycles. The Balaban J connectivity index is 2.42. The maximum absolute atomic E-state index is 5.78. The summed E-state index contributed by atoms with van der Waals surface area (Å²) in [5.74, 6) is 2.14. The molecule has 94 valence electrons. The van der Waals surface area contributed by atoms with Gasteiger partial charge in [-0.05, 0) is 12.1 Å². The first-order valence-electron chi connectivity index (χ1n) is 5.34. The van der Waals surface area contributed by atoms with Crippen LogP contribution in [0.1, 0.15) is 0 Å². The average Bonchev–Trinajstić information content (AvgIpc) is 2.41. The van der Waals surface area contributed by atoms with Crippen LogP contribution in [0.15, 0.2) is 36.7 Å². The molecule has 0 aliphatic carbocycles. The van der Waals surface area contributed by atoms with E-state index in [0.29, 0.717) is 28.7 Å². The van der Waals surface area contributed by atoms with Gasteiger partial charge in [-0.25, -0.2) is 0 Å². The fourth-order valence-electron chi connectivity index (χ4n) is 1.51. The number of para-hydroxylation sites is 1. The smallest absolute Gasteiger partial charge is 0.211 e. The van der Waals surface area contributed by atoms with Gasteiger partial charge >= 0.3 is 0 Å². The maximum Gasteiger partial charge on any atom is 0.211 e. The third-order valence-corrected chi connectivity index (χ3v) is 2.40. The van der Waals surface area contributed by atoms with Gasteiger partial charge in [-0.1, -0.05) is 6.07 Å². The van der Waals surface area contributed by atoms with Crippen LogP contribution in [0.3, 0.4) is 0 Å². The topological polar surface area (TPSA) is 66.6 Å². The Kier molecular flexibility index (Phi) is 3.52. The van der Waals surface area contributed by atoms with Crippen LogP contribution in [0.25, 0.3) is 0 Å². The molecule has 0 spiro atoms. The van der Waals surface area contributed by atoms with E-state index in [1.165, 1.54) is 6.20 Å². The molecule has 2 aromatic rings. The Labute approximate surface area is 105 Å². The summed E-state index contributed by atoms with van der Waals surface area (Å²) >= 11 is 0. The fourth-order valence-corrected chi connectivity index (χ4v) is 1.51. The molecule has 0 saturated carbocycles. The lowest BCUT2D eigenvalue weighted by Crippen LogP contribution is -1.97. The summed E-state index contributed by atoms with van der Waals surface area (Å²) in [6.45, 7) is 0. The lowest BCUT2D eigenvalue weighted by Gasteiger charge is -2.14. The third kappa shape index (κ3) is 2.29. The van der Waals surface area contributed by atoms with Crippen LogP contribution in [0.2, 0.25) is 0 Å². The number of nitrogens with zero attached hydrogens (tertiary/aromatic N) is 1. The fraction of sp³-hybridized carbons (Fsp3) is 0.154. The van der Waals surface area contributed by atoms with Crippen molar-refractivity contribution in [3.8, 4) is 23.0 Å². The first-order valence-corrected chi connectivity index (χ1v) is 5.34. The molecule has 0 radical (unpaired) electrons. The Morgan fingerprint density at radius 1 is 1.00 bits per heavy atom. The van der Waals surface area contributed by atoms with Crippen LogP contribution in [-0.4, -0.2) is 19.2 Å². The Morgan fingerprint density at radius 2 is 1.67 bits per heavy atom. The standard InChI is InChI=1S/C13H14N2O3/c1-16-11-4-3-5-12(17-2)13(11)18-10-6-7-15-8-9(10)14/h3-8H,14H2,1-2H3. The van der Waals surface area contributed by atoms with E-state index in [1.54, 1.807) is 38.6 Å². The largest absolute Gasteiger partial charge is 0.493 e. The molecule has 0 bridgehead atoms. The van der Waals surface area contributed by atoms with Gasteiger partial charge in [0.15, 0.2) is 17.2 Å². The Morgan fingerprint density at radius 3 is 2.22 bits per heavy atom. The van der Waals surface area contributed by atoms with Crippen LogP contribution >= 0.6 is 0 Å². The molecule has 2 rings (SSSR count). The highest BCUT2D eigenvalue weighted by molar-refractivity contribution is 5.57. The number of methoxy groups -OCH3 is 2. The molecule has 0 saturated heterocycles. The number of hydrogen-bond acceptors (Lipinski definition) is 5. The van der Waals surface area contributed by atoms with E-state index in [2.05, 4.69) is 4.98 Å². The first kappa shape index (κ1) is 12.0. The third-order valence-electron chi connectivity index (χ3n) is 2.40. The van der Waals surface area contributed by atoms with E-state index in [-0.39, 0.29) is 0 Å². The SMILES string of the molecule is COc1cccc(OC)c1Oc1ccncc1N. The highest BCUT2D eigenvalue weighted by Crippen LogP contribution is 2.40. The second kappa shape index (κ2) is 5.27. The molecule has 0 atom stereocenters. The van der Waals surface area contributed by atoms with Gasteiger partial charge in [0, 0.05) is 12.3 Å². The number of anilines is 1. The predicted molar refractivity (Wildman–Crippen MR) is 68.3 cm³/mol. The van der Waals surface area contributed by atoms with Crippen molar-refractivity contribution < 1.29 is 14.2 Å². The predicted octanol–water partition coefficient (Wildman–Crippen LogP) is 2.47. The Hall–Kier alpha value is -2.43. The molecular formula is C13H14N2O3. The van der Waals surface area contributed by atoms with Crippen LogP contribution in [0.4, 0.5) is 5.69 Å². The number of rotatable bonds is 4. The van der Waals surface area contributed by atoms with E-state index in [4.69, 9.17) is 19.9 Å². The summed E-state index contributed by atoms with van der Waals surface area (Å²) in [5.41, 5.74) is 6.23. The molecule has 1 heterocycles. The minimum Gasteiger partial charge on any atom is -0.493 e. The number of benzene rings is 1. The van der Waals surface area contributed by atoms with Crippen molar-refractivity contribution in [2.75, 3.05) is 20.0 Å². The molecule has 1 aromatic heterocycles. The second-order valence-corrected chi connectivity index (χ2v) is 3.51. The van der Waals surface area contributed by atoms with Crippen LogP contribution in [0, 0.1) is 0 Å². The molecule has 18 heavy (non-hydrogen) atoms. The molecular weight excluding hydrogens is 232 g/mol. The van der Waals surface area contributed by atoms with Gasteiger partial charge in [0.05, 0.1) is 26.1 Å². The number of pyridine rings is 1. The van der Waals surface area contributed by atoms with Gasteiger partial charge in [-0.3, -0.25) is 4.98 Å².